The first-order valence-corrected chi connectivity index (χ1v) is 11.3. The standard InChI is InChI=1S/C20H24ClNO5S/c1-3-4-5-6-11-27-19-10-8-15(28(2,25)26)13-17(19)22-20(24)16-12-14(21)7-9-18(16)23/h7-10,12-13,23H,3-6,11H2,1-2H3,(H,22,24). The summed E-state index contributed by atoms with van der Waals surface area (Å²) in [5.74, 6) is -0.497. The Kier molecular flexibility index (Phi) is 7.71. The molecular formula is C20H24ClNO5S. The molecule has 0 spiro atoms. The van der Waals surface area contributed by atoms with Crippen LogP contribution < -0.4 is 10.1 Å². The second-order valence-corrected chi connectivity index (χ2v) is 8.91. The van der Waals surface area contributed by atoms with Gasteiger partial charge in [-0.25, -0.2) is 8.42 Å². The van der Waals surface area contributed by atoms with Crippen molar-refractivity contribution in [2.75, 3.05) is 18.2 Å². The quantitative estimate of drug-likeness (QED) is 0.570. The van der Waals surface area contributed by atoms with Gasteiger partial charge in [0, 0.05) is 11.3 Å². The van der Waals surface area contributed by atoms with Gasteiger partial charge in [-0.1, -0.05) is 37.8 Å². The highest BCUT2D eigenvalue weighted by Crippen LogP contribution is 2.30. The fraction of sp³-hybridized carbons (Fsp3) is 0.350. The number of hydrogen-bond donors (Lipinski definition) is 2. The fourth-order valence-corrected chi connectivity index (χ4v) is 3.37. The molecule has 0 atom stereocenters. The average molecular weight is 426 g/mol. The Bertz CT molecular complexity index is 944. The van der Waals surface area contributed by atoms with Crippen LogP contribution in [0, 0.1) is 0 Å². The summed E-state index contributed by atoms with van der Waals surface area (Å²) in [5.41, 5.74) is 0.189. The van der Waals surface area contributed by atoms with Crippen LogP contribution in [0.5, 0.6) is 11.5 Å². The van der Waals surface area contributed by atoms with Crippen molar-refractivity contribution in [3.05, 3.63) is 47.0 Å². The number of amides is 1. The van der Waals surface area contributed by atoms with Gasteiger partial charge >= 0.3 is 0 Å². The van der Waals surface area contributed by atoms with Gasteiger partial charge in [0.05, 0.1) is 22.8 Å². The number of aromatic hydroxyl groups is 1. The van der Waals surface area contributed by atoms with Crippen molar-refractivity contribution in [2.24, 2.45) is 0 Å². The second kappa shape index (κ2) is 9.80. The van der Waals surface area contributed by atoms with Crippen molar-refractivity contribution < 1.29 is 23.1 Å². The number of carbonyl (C=O) groups excluding carboxylic acids is 1. The molecule has 0 aromatic heterocycles. The van der Waals surface area contributed by atoms with E-state index in [-0.39, 0.29) is 21.9 Å². The summed E-state index contributed by atoms with van der Waals surface area (Å²) in [4.78, 5) is 12.6. The van der Waals surface area contributed by atoms with Gasteiger partial charge in [-0.2, -0.15) is 0 Å². The van der Waals surface area contributed by atoms with E-state index in [0.29, 0.717) is 17.4 Å². The number of carbonyl (C=O) groups is 1. The molecule has 28 heavy (non-hydrogen) atoms. The lowest BCUT2D eigenvalue weighted by molar-refractivity contribution is 0.102. The Morgan fingerprint density at radius 1 is 1.14 bits per heavy atom. The molecule has 0 radical (unpaired) electrons. The molecule has 2 N–H and O–H groups in total. The third-order valence-electron chi connectivity index (χ3n) is 4.09. The van der Waals surface area contributed by atoms with Gasteiger partial charge in [0.15, 0.2) is 9.84 Å². The molecule has 2 aromatic carbocycles. The van der Waals surface area contributed by atoms with Crippen LogP contribution in [0.2, 0.25) is 5.02 Å². The zero-order valence-corrected chi connectivity index (χ0v) is 17.4. The lowest BCUT2D eigenvalue weighted by Crippen LogP contribution is -2.14. The number of ether oxygens (including phenoxy) is 1. The highest BCUT2D eigenvalue weighted by Gasteiger charge is 2.17. The number of anilines is 1. The first-order valence-electron chi connectivity index (χ1n) is 8.99. The third kappa shape index (κ3) is 6.14. The third-order valence-corrected chi connectivity index (χ3v) is 5.43. The smallest absolute Gasteiger partial charge is 0.259 e. The van der Waals surface area contributed by atoms with Gasteiger partial charge in [0.1, 0.15) is 11.5 Å². The molecule has 0 aliphatic rings. The van der Waals surface area contributed by atoms with Gasteiger partial charge < -0.3 is 15.2 Å². The number of hydrogen-bond acceptors (Lipinski definition) is 5. The number of sulfone groups is 1. The molecule has 0 aliphatic heterocycles. The van der Waals surface area contributed by atoms with Gasteiger partial charge in [-0.3, -0.25) is 4.79 Å². The molecule has 0 unspecified atom stereocenters. The van der Waals surface area contributed by atoms with E-state index in [4.69, 9.17) is 16.3 Å². The van der Waals surface area contributed by atoms with E-state index >= 15 is 0 Å². The van der Waals surface area contributed by atoms with Gasteiger partial charge in [-0.15, -0.1) is 0 Å². The molecule has 0 heterocycles. The summed E-state index contributed by atoms with van der Waals surface area (Å²) in [5, 5.41) is 12.8. The fourth-order valence-electron chi connectivity index (χ4n) is 2.55. The Labute approximate surface area is 170 Å². The van der Waals surface area contributed by atoms with E-state index < -0.39 is 15.7 Å². The normalized spacial score (nSPS) is 11.2. The lowest BCUT2D eigenvalue weighted by atomic mass is 10.1. The minimum atomic E-state index is -3.47. The van der Waals surface area contributed by atoms with Crippen molar-refractivity contribution in [3.63, 3.8) is 0 Å². The molecule has 6 nitrogen and oxygen atoms in total. The second-order valence-electron chi connectivity index (χ2n) is 6.45. The summed E-state index contributed by atoms with van der Waals surface area (Å²) in [6.45, 7) is 2.56. The summed E-state index contributed by atoms with van der Waals surface area (Å²) in [6, 6.07) is 8.40. The highest BCUT2D eigenvalue weighted by molar-refractivity contribution is 7.90. The molecule has 0 bridgehead atoms. The number of benzene rings is 2. The van der Waals surface area contributed by atoms with E-state index in [1.807, 2.05) is 0 Å². The molecule has 0 fully saturated rings. The number of phenolic OH excluding ortho intramolecular Hbond substituents is 1. The topological polar surface area (TPSA) is 92.7 Å². The van der Waals surface area contributed by atoms with Gasteiger partial charge in [0.2, 0.25) is 0 Å². The minimum absolute atomic E-state index is 0.0221. The van der Waals surface area contributed by atoms with E-state index in [1.165, 1.54) is 36.4 Å². The van der Waals surface area contributed by atoms with Crippen molar-refractivity contribution >= 4 is 33.0 Å². The predicted molar refractivity (Wildman–Crippen MR) is 110 cm³/mol. The van der Waals surface area contributed by atoms with Crippen LogP contribution in [-0.2, 0) is 9.84 Å². The van der Waals surface area contributed by atoms with E-state index in [1.54, 1.807) is 0 Å². The van der Waals surface area contributed by atoms with E-state index in [2.05, 4.69) is 12.2 Å². The van der Waals surface area contributed by atoms with Crippen molar-refractivity contribution in [1.82, 2.24) is 0 Å². The van der Waals surface area contributed by atoms with Crippen LogP contribution in [0.1, 0.15) is 43.0 Å². The lowest BCUT2D eigenvalue weighted by Gasteiger charge is -2.14. The molecule has 0 aliphatic carbocycles. The SMILES string of the molecule is CCCCCCOc1ccc(S(C)(=O)=O)cc1NC(=O)c1cc(Cl)ccc1O. The summed E-state index contributed by atoms with van der Waals surface area (Å²) >= 11 is 5.90. The van der Waals surface area contributed by atoms with Crippen LogP contribution in [-0.4, -0.2) is 32.3 Å². The van der Waals surface area contributed by atoms with Gasteiger partial charge in [-0.05, 0) is 42.8 Å². The number of nitrogens with one attached hydrogen (secondary N) is 1. The van der Waals surface area contributed by atoms with Crippen LogP contribution >= 0.6 is 11.6 Å². The Morgan fingerprint density at radius 3 is 2.57 bits per heavy atom. The minimum Gasteiger partial charge on any atom is -0.507 e. The first-order chi connectivity index (χ1) is 13.2. The number of halogens is 1. The Balaban J connectivity index is 2.27. The zero-order chi connectivity index (χ0) is 20.7. The van der Waals surface area contributed by atoms with Crippen LogP contribution in [0.3, 0.4) is 0 Å². The molecular weight excluding hydrogens is 402 g/mol. The molecule has 2 aromatic rings. The van der Waals surface area contributed by atoms with Crippen molar-refractivity contribution in [1.29, 1.82) is 0 Å². The number of rotatable bonds is 9. The number of phenols is 1. The van der Waals surface area contributed by atoms with Crippen LogP contribution in [0.4, 0.5) is 5.69 Å². The largest absolute Gasteiger partial charge is 0.507 e. The monoisotopic (exact) mass is 425 g/mol. The summed E-state index contributed by atoms with van der Waals surface area (Å²) < 4.78 is 29.5. The molecule has 8 heteroatoms. The Hall–Kier alpha value is -2.25. The predicted octanol–water partition coefficient (Wildman–Crippen LogP) is 4.66. The molecule has 2 rings (SSSR count). The maximum Gasteiger partial charge on any atom is 0.259 e. The molecule has 1 amide bonds. The first kappa shape index (κ1) is 22.0. The molecule has 0 saturated heterocycles. The zero-order valence-electron chi connectivity index (χ0n) is 15.9. The van der Waals surface area contributed by atoms with Crippen LogP contribution in [0.15, 0.2) is 41.3 Å². The molecule has 152 valence electrons. The maximum atomic E-state index is 12.6. The molecule has 0 saturated carbocycles. The summed E-state index contributed by atoms with van der Waals surface area (Å²) in [6.07, 6.45) is 5.17. The van der Waals surface area contributed by atoms with Crippen molar-refractivity contribution in [3.8, 4) is 11.5 Å². The maximum absolute atomic E-state index is 12.6. The highest BCUT2D eigenvalue weighted by atomic mass is 35.5. The number of unbranched alkanes of at least 4 members (excludes halogenated alkanes) is 3. The summed E-state index contributed by atoms with van der Waals surface area (Å²) in [7, 11) is -3.47. The average Bonchev–Trinajstić information content (AvgIpc) is 2.63. The van der Waals surface area contributed by atoms with Crippen LogP contribution in [0.25, 0.3) is 0 Å². The van der Waals surface area contributed by atoms with Crippen molar-refractivity contribution in [2.45, 2.75) is 37.5 Å². The van der Waals surface area contributed by atoms with E-state index in [9.17, 15) is 18.3 Å². The van der Waals surface area contributed by atoms with Gasteiger partial charge in [0.25, 0.3) is 5.91 Å². The van der Waals surface area contributed by atoms with E-state index in [0.717, 1.165) is 31.9 Å². The Morgan fingerprint density at radius 2 is 1.89 bits per heavy atom.